The van der Waals surface area contributed by atoms with Gasteiger partial charge in [0.05, 0.1) is 6.61 Å². The molecule has 1 fully saturated rings. The number of benzene rings is 1. The Hall–Kier alpha value is -1.59. The summed E-state index contributed by atoms with van der Waals surface area (Å²) in [5, 5.41) is 8.75. The molecule has 0 amide bonds. The Kier molecular flexibility index (Phi) is 6.86. The van der Waals surface area contributed by atoms with Crippen molar-refractivity contribution in [2.24, 2.45) is 0 Å². The minimum Gasteiger partial charge on any atom is -0.494 e. The van der Waals surface area contributed by atoms with E-state index >= 15 is 0 Å². The van der Waals surface area contributed by atoms with Crippen molar-refractivity contribution in [3.8, 4) is 5.75 Å². The van der Waals surface area contributed by atoms with E-state index in [4.69, 9.17) is 9.84 Å². The van der Waals surface area contributed by atoms with Gasteiger partial charge in [0.2, 0.25) is 0 Å². The maximum atomic E-state index is 10.6. The maximum absolute atomic E-state index is 10.6. The molecule has 0 saturated carbocycles. The first-order valence-electron chi connectivity index (χ1n) is 8.49. The molecule has 128 valence electrons. The molecule has 1 aromatic rings. The first-order valence-corrected chi connectivity index (χ1v) is 8.49. The van der Waals surface area contributed by atoms with Gasteiger partial charge in [-0.1, -0.05) is 18.2 Å². The van der Waals surface area contributed by atoms with E-state index < -0.39 is 5.97 Å². The molecule has 1 heterocycles. The summed E-state index contributed by atoms with van der Waals surface area (Å²) in [6, 6.07) is 8.69. The van der Waals surface area contributed by atoms with Crippen molar-refractivity contribution >= 4 is 5.97 Å². The van der Waals surface area contributed by atoms with Gasteiger partial charge in [0, 0.05) is 44.2 Å². The molecule has 5 heteroatoms. The van der Waals surface area contributed by atoms with Crippen LogP contribution in [-0.2, 0) is 11.3 Å². The average Bonchev–Trinajstić information content (AvgIpc) is 2.51. The number of rotatable bonds is 8. The van der Waals surface area contributed by atoms with Gasteiger partial charge in [-0.3, -0.25) is 14.6 Å². The highest BCUT2D eigenvalue weighted by Gasteiger charge is 2.23. The third-order valence-electron chi connectivity index (χ3n) is 4.35. The smallest absolute Gasteiger partial charge is 0.303 e. The Bertz CT molecular complexity index is 507. The predicted molar refractivity (Wildman–Crippen MR) is 90.8 cm³/mol. The number of carboxylic acids is 1. The monoisotopic (exact) mass is 320 g/mol. The molecule has 0 spiro atoms. The van der Waals surface area contributed by atoms with Gasteiger partial charge >= 0.3 is 5.97 Å². The highest BCUT2D eigenvalue weighted by molar-refractivity contribution is 5.66. The Morgan fingerprint density at radius 1 is 1.35 bits per heavy atom. The van der Waals surface area contributed by atoms with Crippen LogP contribution in [0.15, 0.2) is 24.3 Å². The molecule has 1 aromatic carbocycles. The second kappa shape index (κ2) is 8.89. The molecule has 1 N–H and O–H groups in total. The van der Waals surface area contributed by atoms with E-state index in [1.165, 1.54) is 5.56 Å². The number of hydrogen-bond acceptors (Lipinski definition) is 4. The van der Waals surface area contributed by atoms with E-state index in [0.29, 0.717) is 12.6 Å². The second-order valence-corrected chi connectivity index (χ2v) is 6.16. The van der Waals surface area contributed by atoms with E-state index in [-0.39, 0.29) is 6.42 Å². The number of ether oxygens (including phenoxy) is 1. The van der Waals surface area contributed by atoms with Crippen molar-refractivity contribution in [3.05, 3.63) is 29.8 Å². The molecule has 2 rings (SSSR count). The Morgan fingerprint density at radius 2 is 2.13 bits per heavy atom. The minimum absolute atomic E-state index is 0.259. The standard InChI is InChI=1S/C18H28N2O3/c1-3-23-17-8-5-4-7-16(17)14-19-11-12-20(15(2)13-19)10-6-9-18(21)22/h4-5,7-8,15H,3,6,9-14H2,1-2H3,(H,21,22). The van der Waals surface area contributed by atoms with Gasteiger partial charge in [-0.15, -0.1) is 0 Å². The average molecular weight is 320 g/mol. The second-order valence-electron chi connectivity index (χ2n) is 6.16. The Balaban J connectivity index is 1.84. The molecule has 0 radical (unpaired) electrons. The molecular weight excluding hydrogens is 292 g/mol. The number of hydrogen-bond donors (Lipinski definition) is 1. The van der Waals surface area contributed by atoms with Crippen LogP contribution >= 0.6 is 0 Å². The van der Waals surface area contributed by atoms with E-state index in [1.54, 1.807) is 0 Å². The van der Waals surface area contributed by atoms with E-state index in [1.807, 2.05) is 19.1 Å². The zero-order chi connectivity index (χ0) is 16.7. The van der Waals surface area contributed by atoms with Gasteiger partial charge in [-0.2, -0.15) is 0 Å². The van der Waals surface area contributed by atoms with Gasteiger partial charge in [0.15, 0.2) is 0 Å². The first-order chi connectivity index (χ1) is 11.1. The van der Waals surface area contributed by atoms with E-state index in [0.717, 1.165) is 44.9 Å². The molecule has 1 aliphatic heterocycles. The zero-order valence-corrected chi connectivity index (χ0v) is 14.2. The van der Waals surface area contributed by atoms with Crippen molar-refractivity contribution in [1.82, 2.24) is 9.80 Å². The van der Waals surface area contributed by atoms with E-state index in [2.05, 4.69) is 28.9 Å². The summed E-state index contributed by atoms with van der Waals surface area (Å²) in [6.45, 7) is 9.71. The molecule has 1 unspecified atom stereocenters. The van der Waals surface area contributed by atoms with Crippen LogP contribution < -0.4 is 4.74 Å². The fourth-order valence-corrected chi connectivity index (χ4v) is 3.15. The fraction of sp³-hybridized carbons (Fsp3) is 0.611. The van der Waals surface area contributed by atoms with Crippen molar-refractivity contribution in [2.75, 3.05) is 32.8 Å². The zero-order valence-electron chi connectivity index (χ0n) is 14.2. The van der Waals surface area contributed by atoms with Crippen LogP contribution in [0.25, 0.3) is 0 Å². The molecule has 0 bridgehead atoms. The molecule has 1 aliphatic rings. The summed E-state index contributed by atoms with van der Waals surface area (Å²) in [4.78, 5) is 15.5. The van der Waals surface area contributed by atoms with Crippen molar-refractivity contribution in [3.63, 3.8) is 0 Å². The summed E-state index contributed by atoms with van der Waals surface area (Å²) in [7, 11) is 0. The number of piperazine rings is 1. The van der Waals surface area contributed by atoms with Crippen LogP contribution in [0.2, 0.25) is 0 Å². The number of carbonyl (C=O) groups is 1. The number of aliphatic carboxylic acids is 1. The lowest BCUT2D eigenvalue weighted by Crippen LogP contribution is -2.51. The van der Waals surface area contributed by atoms with Crippen LogP contribution in [0.4, 0.5) is 0 Å². The largest absolute Gasteiger partial charge is 0.494 e. The van der Waals surface area contributed by atoms with Crippen molar-refractivity contribution in [2.45, 2.75) is 39.3 Å². The first kappa shape index (κ1) is 17.8. The molecule has 5 nitrogen and oxygen atoms in total. The summed E-state index contributed by atoms with van der Waals surface area (Å²) >= 11 is 0. The van der Waals surface area contributed by atoms with Gasteiger partial charge < -0.3 is 9.84 Å². The van der Waals surface area contributed by atoms with Gasteiger partial charge in [-0.25, -0.2) is 0 Å². The predicted octanol–water partition coefficient (Wildman–Crippen LogP) is 2.46. The topological polar surface area (TPSA) is 53.0 Å². The fourth-order valence-electron chi connectivity index (χ4n) is 3.15. The molecular formula is C18H28N2O3. The van der Waals surface area contributed by atoms with Crippen LogP contribution in [0.1, 0.15) is 32.3 Å². The lowest BCUT2D eigenvalue weighted by atomic mass is 10.1. The van der Waals surface area contributed by atoms with Crippen molar-refractivity contribution < 1.29 is 14.6 Å². The van der Waals surface area contributed by atoms with E-state index in [9.17, 15) is 4.79 Å². The minimum atomic E-state index is -0.705. The van der Waals surface area contributed by atoms with Gasteiger partial charge in [0.1, 0.15) is 5.75 Å². The van der Waals surface area contributed by atoms with Crippen LogP contribution in [0.3, 0.4) is 0 Å². The van der Waals surface area contributed by atoms with Crippen LogP contribution in [0, 0.1) is 0 Å². The number of nitrogens with zero attached hydrogens (tertiary/aromatic N) is 2. The van der Waals surface area contributed by atoms with Gasteiger partial charge in [-0.05, 0) is 32.9 Å². The molecule has 1 atom stereocenters. The lowest BCUT2D eigenvalue weighted by Gasteiger charge is -2.40. The Labute approximate surface area is 138 Å². The summed E-state index contributed by atoms with van der Waals surface area (Å²) in [5.74, 6) is 0.273. The third-order valence-corrected chi connectivity index (χ3v) is 4.35. The lowest BCUT2D eigenvalue weighted by molar-refractivity contribution is -0.137. The van der Waals surface area contributed by atoms with Gasteiger partial charge in [0.25, 0.3) is 0 Å². The summed E-state index contributed by atoms with van der Waals surface area (Å²) < 4.78 is 5.71. The van der Waals surface area contributed by atoms with Crippen molar-refractivity contribution in [1.29, 1.82) is 0 Å². The normalized spacial score (nSPS) is 19.7. The summed E-state index contributed by atoms with van der Waals surface area (Å²) in [6.07, 6.45) is 0.988. The van der Waals surface area contributed by atoms with Crippen LogP contribution in [0.5, 0.6) is 5.75 Å². The molecule has 1 saturated heterocycles. The molecule has 0 aromatic heterocycles. The van der Waals surface area contributed by atoms with Crippen LogP contribution in [-0.4, -0.2) is 59.7 Å². The molecule has 0 aliphatic carbocycles. The number of para-hydroxylation sites is 1. The highest BCUT2D eigenvalue weighted by atomic mass is 16.5. The summed E-state index contributed by atoms with van der Waals surface area (Å²) in [5.41, 5.74) is 1.24. The SMILES string of the molecule is CCOc1ccccc1CN1CCN(CCCC(=O)O)C(C)C1. The quantitative estimate of drug-likeness (QED) is 0.797. The number of carboxylic acid groups (broad SMARTS) is 1. The molecule has 23 heavy (non-hydrogen) atoms. The third kappa shape index (κ3) is 5.52. The highest BCUT2D eigenvalue weighted by Crippen LogP contribution is 2.21. The maximum Gasteiger partial charge on any atom is 0.303 e. The Morgan fingerprint density at radius 3 is 2.83 bits per heavy atom.